The molecular formula is C25H28N4O3. The third kappa shape index (κ3) is 4.67. The summed E-state index contributed by atoms with van der Waals surface area (Å²) in [5, 5.41) is 11.7. The first-order valence-corrected chi connectivity index (χ1v) is 11.4. The molecule has 0 radical (unpaired) electrons. The Hall–Kier alpha value is -3.19. The second kappa shape index (κ2) is 9.53. The van der Waals surface area contributed by atoms with Gasteiger partial charge in [-0.1, -0.05) is 6.42 Å². The number of anilines is 1. The van der Waals surface area contributed by atoms with E-state index < -0.39 is 0 Å². The standard InChI is InChI=1S/C25H28N4O3/c30-25(19-9-13-21(14-10-19)32-17-22-5-4-16-31-22)26-20-11-7-18(8-12-20)24-28-27-23-6-2-1-3-15-29(23)24/h7-14,22H,1-6,15-17H2,(H,26,30). The number of benzene rings is 2. The molecule has 3 heterocycles. The van der Waals surface area contributed by atoms with Crippen molar-refractivity contribution in [2.45, 2.75) is 51.2 Å². The average molecular weight is 433 g/mol. The number of nitrogens with one attached hydrogen (secondary N) is 1. The molecule has 1 unspecified atom stereocenters. The van der Waals surface area contributed by atoms with Gasteiger partial charge >= 0.3 is 0 Å². The molecule has 1 N–H and O–H groups in total. The number of amides is 1. The number of fused-ring (bicyclic) bond motifs is 1. The van der Waals surface area contributed by atoms with E-state index >= 15 is 0 Å². The van der Waals surface area contributed by atoms with Crippen LogP contribution >= 0.6 is 0 Å². The molecule has 1 amide bonds. The van der Waals surface area contributed by atoms with Crippen LogP contribution in [-0.4, -0.2) is 40.0 Å². The van der Waals surface area contributed by atoms with Gasteiger partial charge in [-0.2, -0.15) is 0 Å². The van der Waals surface area contributed by atoms with Crippen molar-refractivity contribution < 1.29 is 14.3 Å². The molecule has 1 aromatic heterocycles. The van der Waals surface area contributed by atoms with E-state index in [9.17, 15) is 4.79 Å². The van der Waals surface area contributed by atoms with Crippen molar-refractivity contribution in [3.8, 4) is 17.1 Å². The maximum atomic E-state index is 12.6. The second-order valence-corrected chi connectivity index (χ2v) is 8.40. The average Bonchev–Trinajstić information content (AvgIpc) is 3.43. The molecule has 0 spiro atoms. The number of aryl methyl sites for hydroxylation is 1. The molecule has 0 saturated carbocycles. The Morgan fingerprint density at radius 2 is 1.88 bits per heavy atom. The van der Waals surface area contributed by atoms with Gasteiger partial charge in [0.15, 0.2) is 5.82 Å². The third-order valence-electron chi connectivity index (χ3n) is 6.09. The maximum Gasteiger partial charge on any atom is 0.255 e. The first kappa shape index (κ1) is 20.7. The van der Waals surface area contributed by atoms with Crippen molar-refractivity contribution in [2.75, 3.05) is 18.5 Å². The summed E-state index contributed by atoms with van der Waals surface area (Å²) in [5.74, 6) is 2.56. The lowest BCUT2D eigenvalue weighted by molar-refractivity contribution is 0.0679. The van der Waals surface area contributed by atoms with Gasteiger partial charge in [0.1, 0.15) is 18.2 Å². The summed E-state index contributed by atoms with van der Waals surface area (Å²) in [7, 11) is 0. The van der Waals surface area contributed by atoms with Crippen LogP contribution in [0.15, 0.2) is 48.5 Å². The predicted molar refractivity (Wildman–Crippen MR) is 122 cm³/mol. The van der Waals surface area contributed by atoms with Crippen molar-refractivity contribution in [1.82, 2.24) is 14.8 Å². The van der Waals surface area contributed by atoms with Gasteiger partial charge in [0.25, 0.3) is 5.91 Å². The summed E-state index contributed by atoms with van der Waals surface area (Å²) in [6.45, 7) is 2.33. The Morgan fingerprint density at radius 1 is 1.03 bits per heavy atom. The number of carbonyl (C=O) groups is 1. The van der Waals surface area contributed by atoms with E-state index in [1.165, 1.54) is 12.8 Å². The number of aromatic nitrogens is 3. The minimum Gasteiger partial charge on any atom is -0.491 e. The molecule has 3 aromatic rings. The fraction of sp³-hybridized carbons (Fsp3) is 0.400. The molecule has 7 heteroatoms. The van der Waals surface area contributed by atoms with Crippen molar-refractivity contribution >= 4 is 11.6 Å². The number of nitrogens with zero attached hydrogens (tertiary/aromatic N) is 3. The monoisotopic (exact) mass is 432 g/mol. The van der Waals surface area contributed by atoms with Crippen molar-refractivity contribution in [2.24, 2.45) is 0 Å². The number of rotatable bonds is 6. The largest absolute Gasteiger partial charge is 0.491 e. The highest BCUT2D eigenvalue weighted by Crippen LogP contribution is 2.24. The predicted octanol–water partition coefficient (Wildman–Crippen LogP) is 4.48. The summed E-state index contributed by atoms with van der Waals surface area (Å²) in [6, 6.07) is 15.0. The van der Waals surface area contributed by atoms with Crippen LogP contribution in [-0.2, 0) is 17.7 Å². The molecule has 0 aliphatic carbocycles. The molecule has 2 aromatic carbocycles. The summed E-state index contributed by atoms with van der Waals surface area (Å²) in [5.41, 5.74) is 2.34. The molecule has 32 heavy (non-hydrogen) atoms. The SMILES string of the molecule is O=C(Nc1ccc(-c2nnc3n2CCCCC3)cc1)c1ccc(OCC2CCCO2)cc1. The fourth-order valence-electron chi connectivity index (χ4n) is 4.27. The van der Waals surface area contributed by atoms with Crippen molar-refractivity contribution in [1.29, 1.82) is 0 Å². The Labute approximate surface area is 187 Å². The minimum absolute atomic E-state index is 0.153. The first-order chi connectivity index (χ1) is 15.8. The fourth-order valence-corrected chi connectivity index (χ4v) is 4.27. The zero-order valence-electron chi connectivity index (χ0n) is 18.1. The molecule has 2 aliphatic rings. The number of ether oxygens (including phenoxy) is 2. The Morgan fingerprint density at radius 3 is 2.66 bits per heavy atom. The van der Waals surface area contributed by atoms with Gasteiger partial charge in [0.2, 0.25) is 0 Å². The van der Waals surface area contributed by atoms with Gasteiger partial charge in [-0.05, 0) is 74.2 Å². The highest BCUT2D eigenvalue weighted by Gasteiger charge is 2.17. The molecule has 1 saturated heterocycles. The van der Waals surface area contributed by atoms with Crippen molar-refractivity contribution in [3.05, 3.63) is 59.9 Å². The van der Waals surface area contributed by atoms with Crippen LogP contribution in [0.1, 0.15) is 48.3 Å². The van der Waals surface area contributed by atoms with Gasteiger partial charge in [-0.25, -0.2) is 0 Å². The Kier molecular flexibility index (Phi) is 6.16. The molecule has 0 bridgehead atoms. The quantitative estimate of drug-likeness (QED) is 0.621. The summed E-state index contributed by atoms with van der Waals surface area (Å²) < 4.78 is 13.6. The molecule has 7 nitrogen and oxygen atoms in total. The minimum atomic E-state index is -0.153. The van der Waals surface area contributed by atoms with E-state index in [4.69, 9.17) is 9.47 Å². The van der Waals surface area contributed by atoms with Crippen LogP contribution in [0.4, 0.5) is 5.69 Å². The molecule has 5 rings (SSSR count). The maximum absolute atomic E-state index is 12.6. The normalized spacial score (nSPS) is 18.1. The van der Waals surface area contributed by atoms with E-state index in [0.29, 0.717) is 12.2 Å². The molecule has 166 valence electrons. The highest BCUT2D eigenvalue weighted by atomic mass is 16.5. The van der Waals surface area contributed by atoms with Crippen LogP contribution in [0.3, 0.4) is 0 Å². The lowest BCUT2D eigenvalue weighted by atomic mass is 10.1. The molecular weight excluding hydrogens is 404 g/mol. The smallest absolute Gasteiger partial charge is 0.255 e. The zero-order valence-corrected chi connectivity index (χ0v) is 18.1. The molecule has 1 atom stereocenters. The lowest BCUT2D eigenvalue weighted by Gasteiger charge is -2.12. The van der Waals surface area contributed by atoms with E-state index in [-0.39, 0.29) is 12.0 Å². The second-order valence-electron chi connectivity index (χ2n) is 8.40. The van der Waals surface area contributed by atoms with E-state index in [0.717, 1.165) is 67.5 Å². The summed E-state index contributed by atoms with van der Waals surface area (Å²) >= 11 is 0. The van der Waals surface area contributed by atoms with Crippen LogP contribution in [0.25, 0.3) is 11.4 Å². The van der Waals surface area contributed by atoms with Crippen molar-refractivity contribution in [3.63, 3.8) is 0 Å². The molecule has 2 aliphatic heterocycles. The van der Waals surface area contributed by atoms with Gasteiger partial charge in [0, 0.05) is 36.4 Å². The van der Waals surface area contributed by atoms with E-state index in [1.54, 1.807) is 12.1 Å². The topological polar surface area (TPSA) is 78.3 Å². The van der Waals surface area contributed by atoms with E-state index in [2.05, 4.69) is 20.1 Å². The highest BCUT2D eigenvalue weighted by molar-refractivity contribution is 6.04. The van der Waals surface area contributed by atoms with Crippen LogP contribution in [0.5, 0.6) is 5.75 Å². The molecule has 1 fully saturated rings. The van der Waals surface area contributed by atoms with E-state index in [1.807, 2.05) is 36.4 Å². The number of hydrogen-bond donors (Lipinski definition) is 1. The summed E-state index contributed by atoms with van der Waals surface area (Å²) in [4.78, 5) is 12.6. The summed E-state index contributed by atoms with van der Waals surface area (Å²) in [6.07, 6.45) is 6.85. The van der Waals surface area contributed by atoms with Crippen LogP contribution in [0, 0.1) is 0 Å². The van der Waals surface area contributed by atoms with Crippen LogP contribution in [0.2, 0.25) is 0 Å². The number of hydrogen-bond acceptors (Lipinski definition) is 5. The first-order valence-electron chi connectivity index (χ1n) is 11.4. The van der Waals surface area contributed by atoms with Gasteiger partial charge in [0.05, 0.1) is 6.10 Å². The Bertz CT molecular complexity index is 1050. The number of carbonyl (C=O) groups excluding carboxylic acids is 1. The van der Waals surface area contributed by atoms with Crippen LogP contribution < -0.4 is 10.1 Å². The third-order valence-corrected chi connectivity index (χ3v) is 6.09. The lowest BCUT2D eigenvalue weighted by Crippen LogP contribution is -2.16. The van der Waals surface area contributed by atoms with Gasteiger partial charge in [-0.3, -0.25) is 4.79 Å². The van der Waals surface area contributed by atoms with Gasteiger partial charge < -0.3 is 19.4 Å². The Balaban J connectivity index is 1.20. The zero-order chi connectivity index (χ0) is 21.8. The van der Waals surface area contributed by atoms with Gasteiger partial charge in [-0.15, -0.1) is 10.2 Å².